The van der Waals surface area contributed by atoms with Crippen LogP contribution in [0.5, 0.6) is 0 Å². The molecule has 0 bridgehead atoms. The van der Waals surface area contributed by atoms with Crippen LogP contribution in [0.1, 0.15) is 10.8 Å². The number of carboxylic acids is 1. The lowest BCUT2D eigenvalue weighted by Gasteiger charge is -2.13. The third-order valence-corrected chi connectivity index (χ3v) is 3.54. The molecule has 92 valence electrons. The van der Waals surface area contributed by atoms with Gasteiger partial charge in [-0.1, -0.05) is 29.8 Å². The Hall–Kier alpha value is -1.27. The highest BCUT2D eigenvalue weighted by atomic mass is 35.5. The van der Waals surface area contributed by atoms with E-state index in [4.69, 9.17) is 16.7 Å². The van der Waals surface area contributed by atoms with Crippen molar-refractivity contribution in [2.45, 2.75) is 5.25 Å². The third-order valence-electron chi connectivity index (χ3n) is 1.97. The molecule has 7 heteroatoms. The highest BCUT2D eigenvalue weighted by Gasteiger charge is 2.21. The molecule has 1 aromatic rings. The highest BCUT2D eigenvalue weighted by Crippen LogP contribution is 2.33. The molecule has 1 aromatic carbocycles. The Labute approximate surface area is 107 Å². The summed E-state index contributed by atoms with van der Waals surface area (Å²) in [6, 6.07) is 6.74. The van der Waals surface area contributed by atoms with Gasteiger partial charge in [0.1, 0.15) is 0 Å². The second-order valence-electron chi connectivity index (χ2n) is 3.23. The first-order chi connectivity index (χ1) is 8.00. The van der Waals surface area contributed by atoms with Crippen LogP contribution in [-0.2, 0) is 4.79 Å². The number of rotatable bonds is 6. The first-order valence-corrected chi connectivity index (χ1v) is 6.13. The summed E-state index contributed by atoms with van der Waals surface area (Å²) in [7, 11) is 0. The lowest BCUT2D eigenvalue weighted by atomic mass is 10.1. The summed E-state index contributed by atoms with van der Waals surface area (Å²) >= 11 is 6.93. The maximum Gasteiger partial charge on any atom is 0.313 e. The molecule has 0 aliphatic heterocycles. The van der Waals surface area contributed by atoms with Crippen LogP contribution in [0.15, 0.2) is 24.3 Å². The Morgan fingerprint density at radius 1 is 1.53 bits per heavy atom. The zero-order chi connectivity index (χ0) is 12.8. The molecule has 1 atom stereocenters. The van der Waals surface area contributed by atoms with Crippen molar-refractivity contribution in [1.29, 1.82) is 0 Å². The minimum absolute atomic E-state index is 0.191. The van der Waals surface area contributed by atoms with Crippen LogP contribution in [0.2, 0.25) is 5.02 Å². The van der Waals surface area contributed by atoms with Crippen molar-refractivity contribution in [3.8, 4) is 0 Å². The number of hydrogen-bond donors (Lipinski definition) is 1. The minimum Gasteiger partial charge on any atom is -0.481 e. The van der Waals surface area contributed by atoms with Crippen LogP contribution in [0.3, 0.4) is 0 Å². The van der Waals surface area contributed by atoms with Crippen LogP contribution in [0, 0.1) is 10.1 Å². The summed E-state index contributed by atoms with van der Waals surface area (Å²) in [6.07, 6.45) is 0. The van der Waals surface area contributed by atoms with Crippen molar-refractivity contribution in [2.75, 3.05) is 12.3 Å². The Morgan fingerprint density at radius 3 is 2.71 bits per heavy atom. The molecule has 1 rings (SSSR count). The van der Waals surface area contributed by atoms with Gasteiger partial charge in [0, 0.05) is 9.95 Å². The second kappa shape index (κ2) is 6.46. The number of halogens is 1. The summed E-state index contributed by atoms with van der Waals surface area (Å²) < 4.78 is 0. The number of nitrogens with zero attached hydrogens (tertiary/aromatic N) is 1. The molecule has 0 aliphatic carbocycles. The van der Waals surface area contributed by atoms with Gasteiger partial charge in [0.2, 0.25) is 6.54 Å². The van der Waals surface area contributed by atoms with Gasteiger partial charge in [0.05, 0.1) is 11.0 Å². The summed E-state index contributed by atoms with van der Waals surface area (Å²) in [4.78, 5) is 20.6. The standard InChI is InChI=1S/C10H10ClNO4S/c11-8-4-2-1-3-7(8)9(5-12(15)16)17-6-10(13)14/h1-4,9H,5-6H2,(H,13,14). The Bertz CT molecular complexity index is 427. The van der Waals surface area contributed by atoms with E-state index in [1.54, 1.807) is 24.3 Å². The van der Waals surface area contributed by atoms with Gasteiger partial charge >= 0.3 is 5.97 Å². The van der Waals surface area contributed by atoms with E-state index < -0.39 is 16.1 Å². The maximum atomic E-state index is 10.5. The monoisotopic (exact) mass is 275 g/mol. The van der Waals surface area contributed by atoms with E-state index in [-0.39, 0.29) is 12.3 Å². The van der Waals surface area contributed by atoms with Crippen LogP contribution in [-0.4, -0.2) is 28.3 Å². The molecule has 0 aliphatic rings. The molecule has 0 aromatic heterocycles. The molecule has 5 nitrogen and oxygen atoms in total. The van der Waals surface area contributed by atoms with Gasteiger partial charge in [-0.25, -0.2) is 0 Å². The topological polar surface area (TPSA) is 80.4 Å². The summed E-state index contributed by atoms with van der Waals surface area (Å²) in [5.41, 5.74) is 0.595. The number of benzene rings is 1. The molecule has 1 N–H and O–H groups in total. The Balaban J connectivity index is 2.85. The van der Waals surface area contributed by atoms with Crippen molar-refractivity contribution in [2.24, 2.45) is 0 Å². The SMILES string of the molecule is O=C(O)CSC(C[N+](=O)[O-])c1ccccc1Cl. The average molecular weight is 276 g/mol. The average Bonchev–Trinajstić information content (AvgIpc) is 2.24. The molecule has 0 radical (unpaired) electrons. The molecule has 0 saturated carbocycles. The van der Waals surface area contributed by atoms with Crippen LogP contribution in [0.25, 0.3) is 0 Å². The predicted molar refractivity (Wildman–Crippen MR) is 66.1 cm³/mol. The van der Waals surface area contributed by atoms with Gasteiger partial charge in [0.15, 0.2) is 0 Å². The van der Waals surface area contributed by atoms with Crippen molar-refractivity contribution in [1.82, 2.24) is 0 Å². The van der Waals surface area contributed by atoms with Crippen molar-refractivity contribution < 1.29 is 14.8 Å². The molecule has 0 heterocycles. The van der Waals surface area contributed by atoms with Crippen molar-refractivity contribution >= 4 is 29.3 Å². The van der Waals surface area contributed by atoms with Gasteiger partial charge in [-0.2, -0.15) is 0 Å². The van der Waals surface area contributed by atoms with E-state index >= 15 is 0 Å². The van der Waals surface area contributed by atoms with Crippen molar-refractivity contribution in [3.05, 3.63) is 45.0 Å². The van der Waals surface area contributed by atoms with Crippen molar-refractivity contribution in [3.63, 3.8) is 0 Å². The molecule has 0 fully saturated rings. The van der Waals surface area contributed by atoms with Crippen LogP contribution < -0.4 is 0 Å². The van der Waals surface area contributed by atoms with E-state index in [2.05, 4.69) is 0 Å². The number of hydrogen-bond acceptors (Lipinski definition) is 4. The quantitative estimate of drug-likeness (QED) is 0.637. The normalized spacial score (nSPS) is 12.1. The lowest BCUT2D eigenvalue weighted by Crippen LogP contribution is -2.12. The predicted octanol–water partition coefficient (Wildman–Crippen LogP) is 2.48. The van der Waals surface area contributed by atoms with Crippen LogP contribution >= 0.6 is 23.4 Å². The number of carbonyl (C=O) groups is 1. The third kappa shape index (κ3) is 4.62. The van der Waals surface area contributed by atoms with E-state index in [0.29, 0.717) is 10.6 Å². The largest absolute Gasteiger partial charge is 0.481 e. The second-order valence-corrected chi connectivity index (χ2v) is 4.83. The fourth-order valence-corrected chi connectivity index (χ4v) is 2.57. The van der Waals surface area contributed by atoms with E-state index in [0.717, 1.165) is 11.8 Å². The lowest BCUT2D eigenvalue weighted by molar-refractivity contribution is -0.479. The molecule has 0 spiro atoms. The first kappa shape index (κ1) is 13.8. The van der Waals surface area contributed by atoms with Gasteiger partial charge in [-0.15, -0.1) is 11.8 Å². The first-order valence-electron chi connectivity index (χ1n) is 4.70. The van der Waals surface area contributed by atoms with Crippen LogP contribution in [0.4, 0.5) is 0 Å². The molecular weight excluding hydrogens is 266 g/mol. The summed E-state index contributed by atoms with van der Waals surface area (Å²) in [6.45, 7) is -0.346. The van der Waals surface area contributed by atoms with Gasteiger partial charge in [-0.05, 0) is 11.6 Å². The number of carboxylic acid groups (broad SMARTS) is 1. The zero-order valence-corrected chi connectivity index (χ0v) is 10.3. The fraction of sp³-hybridized carbons (Fsp3) is 0.300. The fourth-order valence-electron chi connectivity index (χ4n) is 1.28. The van der Waals surface area contributed by atoms with E-state index in [1.807, 2.05) is 0 Å². The molecule has 1 unspecified atom stereocenters. The minimum atomic E-state index is -1.00. The number of nitro groups is 1. The molecule has 17 heavy (non-hydrogen) atoms. The Morgan fingerprint density at radius 2 is 2.18 bits per heavy atom. The highest BCUT2D eigenvalue weighted by molar-refractivity contribution is 8.00. The summed E-state index contributed by atoms with van der Waals surface area (Å²) in [5.74, 6) is -1.20. The smallest absolute Gasteiger partial charge is 0.313 e. The van der Waals surface area contributed by atoms with E-state index in [1.165, 1.54) is 0 Å². The van der Waals surface area contributed by atoms with E-state index in [9.17, 15) is 14.9 Å². The molecular formula is C10H10ClNO4S. The zero-order valence-electron chi connectivity index (χ0n) is 8.71. The number of thioether (sulfide) groups is 1. The molecule has 0 amide bonds. The Kier molecular flexibility index (Phi) is 5.24. The molecule has 0 saturated heterocycles. The van der Waals surface area contributed by atoms with Gasteiger partial charge < -0.3 is 5.11 Å². The summed E-state index contributed by atoms with van der Waals surface area (Å²) in [5, 5.41) is 19.0. The maximum absolute atomic E-state index is 10.5. The van der Waals surface area contributed by atoms with Gasteiger partial charge in [0.25, 0.3) is 0 Å². The van der Waals surface area contributed by atoms with Gasteiger partial charge in [-0.3, -0.25) is 14.9 Å². The number of aliphatic carboxylic acids is 1.